The van der Waals surface area contributed by atoms with Gasteiger partial charge in [-0.3, -0.25) is 0 Å². The monoisotopic (exact) mass is 316 g/mol. The van der Waals surface area contributed by atoms with Gasteiger partial charge in [-0.1, -0.05) is 0 Å². The summed E-state index contributed by atoms with van der Waals surface area (Å²) in [4.78, 5) is 0. The third kappa shape index (κ3) is 4.16. The molecule has 0 saturated carbocycles. The van der Waals surface area contributed by atoms with E-state index in [0.29, 0.717) is 3.77 Å². The molecule has 0 aromatic carbocycles. The first-order chi connectivity index (χ1) is 5.95. The molecule has 0 N–H and O–H groups in total. The molecule has 0 spiro atoms. The summed E-state index contributed by atoms with van der Waals surface area (Å²) in [6.07, 6.45) is 0. The Morgan fingerprint density at radius 2 is 1.46 bits per heavy atom. The van der Waals surface area contributed by atoms with E-state index in [-0.39, 0.29) is 0 Å². The Morgan fingerprint density at radius 1 is 1.08 bits per heavy atom. The van der Waals surface area contributed by atoms with Crippen molar-refractivity contribution in [3.8, 4) is 0 Å². The van der Waals surface area contributed by atoms with E-state index in [4.69, 9.17) is 0 Å². The molecule has 0 aromatic rings. The Labute approximate surface area is 85.9 Å². The number of hydrogen-bond donors (Lipinski definition) is 0. The summed E-state index contributed by atoms with van der Waals surface area (Å²) in [6.45, 7) is 6.36. The van der Waals surface area contributed by atoms with Crippen LogP contribution < -0.4 is 0 Å². The zero-order valence-electron chi connectivity index (χ0n) is 8.96. The molecule has 0 aliphatic rings. The van der Waals surface area contributed by atoms with E-state index in [0.717, 1.165) is 13.3 Å². The minimum atomic E-state index is -3.22. The first kappa shape index (κ1) is 13.7. The summed E-state index contributed by atoms with van der Waals surface area (Å²) in [5.74, 6) is 0. The fraction of sp³-hybridized carbons (Fsp3) is 1.00. The second-order valence-corrected chi connectivity index (χ2v) is 22.3. The number of hydrogen-bond acceptors (Lipinski definition) is 3. The predicted molar refractivity (Wildman–Crippen MR) is 58.0 cm³/mol. The molecule has 0 heterocycles. The molecule has 5 heteroatoms. The maximum atomic E-state index is 11.3. The van der Waals surface area contributed by atoms with Crippen molar-refractivity contribution in [2.75, 3.05) is 10.9 Å². The summed E-state index contributed by atoms with van der Waals surface area (Å²) in [6, 6.07) is 0. The number of rotatable bonds is 6. The molecule has 0 amide bonds. The average Bonchev–Trinajstić information content (AvgIpc) is 2.14. The molecule has 13 heavy (non-hydrogen) atoms. The van der Waals surface area contributed by atoms with Crippen LogP contribution in [0.15, 0.2) is 0 Å². The van der Waals surface area contributed by atoms with Gasteiger partial charge >= 0.3 is 86.1 Å². The van der Waals surface area contributed by atoms with Crippen LogP contribution in [-0.2, 0) is 14.3 Å². The molecule has 0 rings (SSSR count). The fourth-order valence-electron chi connectivity index (χ4n) is 1.49. The van der Waals surface area contributed by atoms with E-state index in [2.05, 4.69) is 25.0 Å². The second kappa shape index (κ2) is 5.56. The van der Waals surface area contributed by atoms with Crippen LogP contribution in [0.2, 0.25) is 13.3 Å². The third-order valence-electron chi connectivity index (χ3n) is 2.99. The van der Waals surface area contributed by atoms with Crippen molar-refractivity contribution in [3.05, 3.63) is 0 Å². The first-order valence-electron chi connectivity index (χ1n) is 4.73. The summed E-state index contributed by atoms with van der Waals surface area (Å²) in [5.41, 5.74) is 0. The van der Waals surface area contributed by atoms with Crippen LogP contribution in [0, 0.1) is 0 Å². The molecule has 0 saturated heterocycles. The van der Waals surface area contributed by atoms with Gasteiger partial charge in [0, 0.05) is 0 Å². The van der Waals surface area contributed by atoms with Gasteiger partial charge in [0.05, 0.1) is 0 Å². The molecule has 0 unspecified atom stereocenters. The molecule has 0 aliphatic carbocycles. The minimum absolute atomic E-state index is 0.349. The normalized spacial score (nSPS) is 13.2. The van der Waals surface area contributed by atoms with E-state index in [1.54, 1.807) is 0 Å². The van der Waals surface area contributed by atoms with Crippen LogP contribution in [-0.4, -0.2) is 37.7 Å². The Morgan fingerprint density at radius 3 is 1.69 bits per heavy atom. The van der Waals surface area contributed by atoms with Gasteiger partial charge in [-0.2, -0.15) is 0 Å². The quantitative estimate of drug-likeness (QED) is 0.556. The maximum absolute atomic E-state index is 11.3. The van der Waals surface area contributed by atoms with Crippen molar-refractivity contribution < 1.29 is 12.6 Å². The van der Waals surface area contributed by atoms with Gasteiger partial charge in [-0.15, -0.1) is 0 Å². The van der Waals surface area contributed by atoms with Crippen LogP contribution in [0.3, 0.4) is 0 Å². The molecule has 0 aromatic heterocycles. The summed E-state index contributed by atoms with van der Waals surface area (Å²) in [5, 5.41) is 0. The summed E-state index contributed by atoms with van der Waals surface area (Å²) < 4.78 is 30.8. The Balaban J connectivity index is 4.61. The van der Waals surface area contributed by atoms with Crippen molar-refractivity contribution in [3.63, 3.8) is 0 Å². The summed E-state index contributed by atoms with van der Waals surface area (Å²) in [7, 11) is -1.96. The van der Waals surface area contributed by atoms with Gasteiger partial charge in [0.15, 0.2) is 0 Å². The van der Waals surface area contributed by atoms with E-state index in [9.17, 15) is 8.42 Å². The van der Waals surface area contributed by atoms with E-state index in [1.165, 1.54) is 7.11 Å². The Kier molecular flexibility index (Phi) is 5.86. The standard InChI is InChI=1S/C2H5O3S.3C2H5.Sn/c1-5-6(2,3)4;3*1-2;/h2H2,1H3;3*1H2,2H3;. The zero-order chi connectivity index (χ0) is 10.5. The van der Waals surface area contributed by atoms with E-state index >= 15 is 0 Å². The van der Waals surface area contributed by atoms with Gasteiger partial charge < -0.3 is 0 Å². The Bertz CT molecular complexity index is 224. The molecule has 0 radical (unpaired) electrons. The first-order valence-corrected chi connectivity index (χ1v) is 14.4. The van der Waals surface area contributed by atoms with Crippen molar-refractivity contribution in [1.29, 1.82) is 0 Å². The van der Waals surface area contributed by atoms with Crippen molar-refractivity contribution in [1.82, 2.24) is 0 Å². The molecule has 80 valence electrons. The molecule has 3 nitrogen and oxygen atoms in total. The molecule has 0 atom stereocenters. The van der Waals surface area contributed by atoms with E-state index < -0.39 is 28.5 Å². The van der Waals surface area contributed by atoms with Gasteiger partial charge in [-0.25, -0.2) is 0 Å². The van der Waals surface area contributed by atoms with Crippen LogP contribution >= 0.6 is 0 Å². The average molecular weight is 315 g/mol. The fourth-order valence-corrected chi connectivity index (χ4v) is 19.9. The van der Waals surface area contributed by atoms with Crippen LogP contribution in [0.4, 0.5) is 0 Å². The predicted octanol–water partition coefficient (Wildman–Crippen LogP) is 2.01. The second-order valence-electron chi connectivity index (χ2n) is 3.43. The molecule has 0 aliphatic heterocycles. The van der Waals surface area contributed by atoms with Gasteiger partial charge in [0.2, 0.25) is 0 Å². The van der Waals surface area contributed by atoms with Crippen molar-refractivity contribution >= 4 is 28.5 Å². The van der Waals surface area contributed by atoms with Gasteiger partial charge in [-0.05, 0) is 0 Å². The third-order valence-corrected chi connectivity index (χ3v) is 25.6. The SMILES string of the molecule is C[CH2][Sn]([CH2]C)([CH2]C)[CH2]S(=O)(=O)OC. The van der Waals surface area contributed by atoms with Gasteiger partial charge in [0.25, 0.3) is 0 Å². The van der Waals surface area contributed by atoms with Crippen molar-refractivity contribution in [2.24, 2.45) is 0 Å². The topological polar surface area (TPSA) is 43.4 Å². The molecular formula is C8H20O3SSn. The Hall–Kier alpha value is 0.709. The van der Waals surface area contributed by atoms with Gasteiger partial charge in [0.1, 0.15) is 0 Å². The van der Waals surface area contributed by atoms with Crippen LogP contribution in [0.1, 0.15) is 20.8 Å². The molecular weight excluding hydrogens is 295 g/mol. The van der Waals surface area contributed by atoms with E-state index in [1.807, 2.05) is 0 Å². The molecule has 0 bridgehead atoms. The van der Waals surface area contributed by atoms with Crippen molar-refractivity contribution in [2.45, 2.75) is 34.1 Å². The molecule has 0 fully saturated rings. The zero-order valence-corrected chi connectivity index (χ0v) is 12.6. The van der Waals surface area contributed by atoms with Crippen LogP contribution in [0.25, 0.3) is 0 Å². The van der Waals surface area contributed by atoms with Crippen LogP contribution in [0.5, 0.6) is 0 Å². The summed E-state index contributed by atoms with van der Waals surface area (Å²) >= 11 is -2.35.